The zero-order chi connectivity index (χ0) is 9.84. The van der Waals surface area contributed by atoms with Crippen LogP contribution in [0.1, 0.15) is 5.69 Å². The van der Waals surface area contributed by atoms with Crippen molar-refractivity contribution in [2.24, 2.45) is 0 Å². The van der Waals surface area contributed by atoms with Gasteiger partial charge in [-0.1, -0.05) is 0 Å². The minimum absolute atomic E-state index is 0.334. The largest absolute Gasteiger partial charge is 0.481 e. The summed E-state index contributed by atoms with van der Waals surface area (Å²) >= 11 is 0. The first-order valence-electron chi connectivity index (χ1n) is 3.77. The zero-order valence-electron chi connectivity index (χ0n) is 7.90. The molecule has 1 aromatic rings. The van der Waals surface area contributed by atoms with E-state index >= 15 is 0 Å². The van der Waals surface area contributed by atoms with Gasteiger partial charge >= 0.3 is 0 Å². The van der Waals surface area contributed by atoms with Crippen LogP contribution in [0.15, 0.2) is 12.4 Å². The molecule has 0 aliphatic carbocycles. The van der Waals surface area contributed by atoms with Crippen LogP contribution in [0.25, 0.3) is 0 Å². The van der Waals surface area contributed by atoms with E-state index in [-0.39, 0.29) is 0 Å². The minimum Gasteiger partial charge on any atom is -0.481 e. The molecule has 1 aromatic heterocycles. The summed E-state index contributed by atoms with van der Waals surface area (Å²) in [5, 5.41) is 7.64. The Kier molecular flexibility index (Phi) is 2.79. The first-order chi connectivity index (χ1) is 6.15. The molecule has 0 radical (unpaired) electrons. The highest BCUT2D eigenvalue weighted by Gasteiger charge is 2.06. The fourth-order valence-corrected chi connectivity index (χ4v) is 0.810. The Morgan fingerprint density at radius 2 is 2.15 bits per heavy atom. The molecule has 0 aliphatic heterocycles. The van der Waals surface area contributed by atoms with E-state index in [1.165, 1.54) is 13.4 Å². The van der Waals surface area contributed by atoms with E-state index in [1.807, 2.05) is 0 Å². The normalized spacial score (nSPS) is 9.46. The molecule has 5 nitrogen and oxygen atoms in total. The molecule has 5 heteroatoms. The predicted molar refractivity (Wildman–Crippen MR) is 49.1 cm³/mol. The van der Waals surface area contributed by atoms with Gasteiger partial charge < -0.3 is 9.64 Å². The van der Waals surface area contributed by atoms with Gasteiger partial charge in [-0.25, -0.2) is 9.97 Å². The number of ether oxygens (including phenoxy) is 1. The first kappa shape index (κ1) is 9.44. The molecule has 0 unspecified atom stereocenters. The number of rotatable bonds is 2. The number of amidine groups is 1. The third-order valence-electron chi connectivity index (χ3n) is 1.54. The van der Waals surface area contributed by atoms with E-state index < -0.39 is 0 Å². The van der Waals surface area contributed by atoms with Crippen LogP contribution in [0, 0.1) is 5.41 Å². The highest BCUT2D eigenvalue weighted by molar-refractivity contribution is 5.94. The minimum atomic E-state index is 0.334. The van der Waals surface area contributed by atoms with Crippen LogP contribution < -0.4 is 4.74 Å². The molecule has 0 fully saturated rings. The van der Waals surface area contributed by atoms with E-state index in [2.05, 4.69) is 9.97 Å². The molecule has 0 saturated heterocycles. The quantitative estimate of drug-likeness (QED) is 0.527. The van der Waals surface area contributed by atoms with E-state index in [0.717, 1.165) is 0 Å². The molecule has 0 atom stereocenters. The van der Waals surface area contributed by atoms with E-state index in [0.29, 0.717) is 17.4 Å². The van der Waals surface area contributed by atoms with E-state index in [9.17, 15) is 0 Å². The lowest BCUT2D eigenvalue weighted by Crippen LogP contribution is -2.22. The maximum atomic E-state index is 7.64. The van der Waals surface area contributed by atoms with Gasteiger partial charge in [-0.2, -0.15) is 0 Å². The van der Waals surface area contributed by atoms with Gasteiger partial charge in [0.1, 0.15) is 17.9 Å². The topological polar surface area (TPSA) is 62.1 Å². The maximum absolute atomic E-state index is 7.64. The van der Waals surface area contributed by atoms with Crippen molar-refractivity contribution in [3.63, 3.8) is 0 Å². The number of hydrogen-bond donors (Lipinski definition) is 1. The lowest BCUT2D eigenvalue weighted by atomic mass is 10.3. The van der Waals surface area contributed by atoms with Crippen LogP contribution in [-0.4, -0.2) is 41.9 Å². The van der Waals surface area contributed by atoms with Crippen LogP contribution in [0.2, 0.25) is 0 Å². The van der Waals surface area contributed by atoms with Crippen molar-refractivity contribution in [2.75, 3.05) is 21.2 Å². The zero-order valence-corrected chi connectivity index (χ0v) is 7.90. The highest BCUT2D eigenvalue weighted by atomic mass is 16.5. The number of methoxy groups -OCH3 is 1. The van der Waals surface area contributed by atoms with Crippen LogP contribution in [-0.2, 0) is 0 Å². The third kappa shape index (κ3) is 2.14. The SMILES string of the molecule is COc1cc(C(=N)N(C)C)ncn1. The Labute approximate surface area is 76.9 Å². The maximum Gasteiger partial charge on any atom is 0.216 e. The van der Waals surface area contributed by atoms with Gasteiger partial charge in [0.15, 0.2) is 0 Å². The van der Waals surface area contributed by atoms with Crippen molar-refractivity contribution in [3.05, 3.63) is 18.1 Å². The van der Waals surface area contributed by atoms with E-state index in [4.69, 9.17) is 10.1 Å². The first-order valence-corrected chi connectivity index (χ1v) is 3.77. The summed E-state index contributed by atoms with van der Waals surface area (Å²) in [5.74, 6) is 0.803. The number of aromatic nitrogens is 2. The molecule has 1 rings (SSSR count). The fourth-order valence-electron chi connectivity index (χ4n) is 0.810. The molecule has 70 valence electrons. The van der Waals surface area contributed by atoms with Gasteiger partial charge in [0.25, 0.3) is 0 Å². The average molecular weight is 180 g/mol. The smallest absolute Gasteiger partial charge is 0.216 e. The summed E-state index contributed by atoms with van der Waals surface area (Å²) < 4.78 is 4.92. The Morgan fingerprint density at radius 1 is 1.46 bits per heavy atom. The molecule has 13 heavy (non-hydrogen) atoms. The Morgan fingerprint density at radius 3 is 2.69 bits per heavy atom. The fraction of sp³-hybridized carbons (Fsp3) is 0.375. The second-order valence-electron chi connectivity index (χ2n) is 2.69. The molecule has 0 saturated carbocycles. The second-order valence-corrected chi connectivity index (χ2v) is 2.69. The summed E-state index contributed by atoms with van der Waals surface area (Å²) in [6.45, 7) is 0. The van der Waals surface area contributed by atoms with Crippen LogP contribution in [0.4, 0.5) is 0 Å². The summed E-state index contributed by atoms with van der Waals surface area (Å²) in [5.41, 5.74) is 0.553. The van der Waals surface area contributed by atoms with Crippen molar-refractivity contribution in [2.45, 2.75) is 0 Å². The summed E-state index contributed by atoms with van der Waals surface area (Å²) in [7, 11) is 5.11. The van der Waals surface area contributed by atoms with Gasteiger partial charge in [0.2, 0.25) is 5.88 Å². The van der Waals surface area contributed by atoms with Crippen LogP contribution >= 0.6 is 0 Å². The van der Waals surface area contributed by atoms with Crippen LogP contribution in [0.3, 0.4) is 0 Å². The van der Waals surface area contributed by atoms with Crippen molar-refractivity contribution in [1.82, 2.24) is 14.9 Å². The van der Waals surface area contributed by atoms with Gasteiger partial charge in [0, 0.05) is 20.2 Å². The van der Waals surface area contributed by atoms with Gasteiger partial charge in [-0.3, -0.25) is 5.41 Å². The molecule has 0 aromatic carbocycles. The molecule has 0 aliphatic rings. The summed E-state index contributed by atoms with van der Waals surface area (Å²) in [6.07, 6.45) is 1.38. The average Bonchev–Trinajstić information content (AvgIpc) is 2.16. The lowest BCUT2D eigenvalue weighted by molar-refractivity contribution is 0.396. The second kappa shape index (κ2) is 3.84. The lowest BCUT2D eigenvalue weighted by Gasteiger charge is -2.12. The van der Waals surface area contributed by atoms with Gasteiger partial charge in [0.05, 0.1) is 7.11 Å². The number of nitrogens with one attached hydrogen (secondary N) is 1. The van der Waals surface area contributed by atoms with E-state index in [1.54, 1.807) is 25.1 Å². The monoisotopic (exact) mass is 180 g/mol. The molecular formula is C8H12N4O. The molecule has 0 bridgehead atoms. The summed E-state index contributed by atoms with van der Waals surface area (Å²) in [4.78, 5) is 9.47. The third-order valence-corrected chi connectivity index (χ3v) is 1.54. The van der Waals surface area contributed by atoms with Gasteiger partial charge in [-0.05, 0) is 0 Å². The number of hydrogen-bond acceptors (Lipinski definition) is 4. The number of nitrogens with zero attached hydrogens (tertiary/aromatic N) is 3. The molecule has 1 heterocycles. The summed E-state index contributed by atoms with van der Waals surface area (Å²) in [6, 6.07) is 1.63. The Hall–Kier alpha value is -1.65. The van der Waals surface area contributed by atoms with Crippen LogP contribution in [0.5, 0.6) is 5.88 Å². The molecule has 0 amide bonds. The van der Waals surface area contributed by atoms with Crippen molar-refractivity contribution >= 4 is 5.84 Å². The molecule has 1 N–H and O–H groups in total. The Balaban J connectivity index is 2.95. The standard InChI is InChI=1S/C8H12N4O/c1-12(2)8(9)6-4-7(13-3)11-5-10-6/h4-5,9H,1-3H3. The highest BCUT2D eigenvalue weighted by Crippen LogP contribution is 2.06. The van der Waals surface area contributed by atoms with Gasteiger partial charge in [-0.15, -0.1) is 0 Å². The van der Waals surface area contributed by atoms with Crippen molar-refractivity contribution < 1.29 is 4.74 Å². The predicted octanol–water partition coefficient (Wildman–Crippen LogP) is 0.372. The van der Waals surface area contributed by atoms with Crippen molar-refractivity contribution in [3.8, 4) is 5.88 Å². The van der Waals surface area contributed by atoms with Crippen molar-refractivity contribution in [1.29, 1.82) is 5.41 Å². The molecular weight excluding hydrogens is 168 g/mol. The Bertz CT molecular complexity index is 311. The molecule has 0 spiro atoms.